The van der Waals surface area contributed by atoms with E-state index >= 15 is 0 Å². The van der Waals surface area contributed by atoms with E-state index in [1.165, 1.54) is 0 Å². The van der Waals surface area contributed by atoms with Crippen LogP contribution in [0.4, 0.5) is 0 Å². The SMILES string of the molecule is [2H]C([2H])([2H])c1cc(C)cc(-c2cc(CC(C)C([2H])([2H])[2H])c3cc(-c4ccccc4)ccc3n2)c1. The third kappa shape index (κ3) is 3.84. The van der Waals surface area contributed by atoms with Gasteiger partial charge in [0.15, 0.2) is 0 Å². The normalized spacial score (nSPS) is 16.4. The van der Waals surface area contributed by atoms with Crippen molar-refractivity contribution in [3.8, 4) is 22.4 Å². The summed E-state index contributed by atoms with van der Waals surface area (Å²) in [4.78, 5) is 4.85. The van der Waals surface area contributed by atoms with Gasteiger partial charge < -0.3 is 0 Å². The molecule has 0 bridgehead atoms. The average Bonchev–Trinajstić information content (AvgIpc) is 2.77. The molecule has 0 aliphatic carbocycles. The first-order valence-corrected chi connectivity index (χ1v) is 9.53. The number of pyridine rings is 1. The van der Waals surface area contributed by atoms with E-state index in [4.69, 9.17) is 13.2 Å². The molecule has 3 aromatic carbocycles. The lowest BCUT2D eigenvalue weighted by Gasteiger charge is -2.14. The van der Waals surface area contributed by atoms with Crippen LogP contribution in [-0.4, -0.2) is 4.98 Å². The smallest absolute Gasteiger partial charge is 0.0712 e. The van der Waals surface area contributed by atoms with Crippen molar-refractivity contribution in [2.75, 3.05) is 0 Å². The first-order valence-electron chi connectivity index (χ1n) is 12.5. The summed E-state index contributed by atoms with van der Waals surface area (Å²) in [5.74, 6) is -0.540. The van der Waals surface area contributed by atoms with Crippen molar-refractivity contribution in [3.05, 3.63) is 89.5 Å². The maximum Gasteiger partial charge on any atom is 0.0712 e. The molecule has 140 valence electrons. The molecular formula is C27H27N. The van der Waals surface area contributed by atoms with Crippen molar-refractivity contribution in [1.82, 2.24) is 4.98 Å². The molecule has 1 heterocycles. The minimum Gasteiger partial charge on any atom is -0.248 e. The van der Waals surface area contributed by atoms with Crippen molar-refractivity contribution < 1.29 is 8.22 Å². The van der Waals surface area contributed by atoms with Crippen LogP contribution in [0.5, 0.6) is 0 Å². The third-order valence-corrected chi connectivity index (χ3v) is 4.90. The van der Waals surface area contributed by atoms with Crippen LogP contribution in [0.15, 0.2) is 72.8 Å². The molecule has 28 heavy (non-hydrogen) atoms. The predicted octanol–water partition coefficient (Wildman–Crippen LogP) is 7.38. The van der Waals surface area contributed by atoms with Crippen LogP contribution in [0.25, 0.3) is 33.3 Å². The van der Waals surface area contributed by atoms with Gasteiger partial charge in [-0.3, -0.25) is 0 Å². The standard InChI is InChI=1S/C27H27N/c1-18(2)12-23-17-27(24-14-19(3)13-20(4)15-24)28-26-11-10-22(16-25(23)26)21-8-6-5-7-9-21/h5-11,13-18H,12H2,1-4H3/i1D3,3D3. The highest BCUT2D eigenvalue weighted by atomic mass is 14.7. The summed E-state index contributed by atoms with van der Waals surface area (Å²) in [6.45, 7) is -0.700. The van der Waals surface area contributed by atoms with E-state index in [0.29, 0.717) is 17.7 Å². The number of benzene rings is 3. The molecule has 0 aliphatic rings. The highest BCUT2D eigenvalue weighted by Crippen LogP contribution is 2.31. The Bertz CT molecular complexity index is 1320. The summed E-state index contributed by atoms with van der Waals surface area (Å²) in [5.41, 5.74) is 6.20. The molecule has 0 aliphatic heterocycles. The van der Waals surface area contributed by atoms with Crippen molar-refractivity contribution >= 4 is 10.9 Å². The Morgan fingerprint density at radius 1 is 0.857 bits per heavy atom. The Kier molecular flexibility index (Phi) is 3.39. The fourth-order valence-electron chi connectivity index (χ4n) is 3.68. The highest BCUT2D eigenvalue weighted by Gasteiger charge is 2.11. The second kappa shape index (κ2) is 7.59. The zero-order valence-electron chi connectivity index (χ0n) is 22.2. The van der Waals surface area contributed by atoms with Crippen molar-refractivity contribution in [3.63, 3.8) is 0 Å². The largest absolute Gasteiger partial charge is 0.248 e. The Morgan fingerprint density at radius 3 is 2.46 bits per heavy atom. The quantitative estimate of drug-likeness (QED) is 0.364. The van der Waals surface area contributed by atoms with Gasteiger partial charge in [0.05, 0.1) is 11.2 Å². The van der Waals surface area contributed by atoms with E-state index in [2.05, 4.69) is 6.07 Å². The van der Waals surface area contributed by atoms with Crippen LogP contribution < -0.4 is 0 Å². The average molecular weight is 372 g/mol. The van der Waals surface area contributed by atoms with Crippen molar-refractivity contribution in [2.24, 2.45) is 5.92 Å². The van der Waals surface area contributed by atoms with Gasteiger partial charge in [0, 0.05) is 19.2 Å². The molecule has 0 saturated heterocycles. The zero-order chi connectivity index (χ0) is 24.7. The van der Waals surface area contributed by atoms with E-state index in [9.17, 15) is 0 Å². The Morgan fingerprint density at radius 2 is 1.68 bits per heavy atom. The van der Waals surface area contributed by atoms with Gasteiger partial charge in [0.2, 0.25) is 0 Å². The van der Waals surface area contributed by atoms with Crippen LogP contribution in [0, 0.1) is 19.7 Å². The van der Waals surface area contributed by atoms with Crippen molar-refractivity contribution in [1.29, 1.82) is 0 Å². The summed E-state index contributed by atoms with van der Waals surface area (Å²) >= 11 is 0. The Labute approximate surface area is 176 Å². The minimum absolute atomic E-state index is 0.265. The van der Waals surface area contributed by atoms with Crippen LogP contribution in [0.3, 0.4) is 0 Å². The van der Waals surface area contributed by atoms with Gasteiger partial charge in [-0.2, -0.15) is 0 Å². The molecule has 1 aromatic heterocycles. The molecular weight excluding hydrogens is 338 g/mol. The molecule has 1 atom stereocenters. The number of hydrogen-bond acceptors (Lipinski definition) is 1. The minimum atomic E-state index is -2.22. The molecule has 4 aromatic rings. The van der Waals surface area contributed by atoms with Gasteiger partial charge in [-0.25, -0.2) is 4.98 Å². The van der Waals surface area contributed by atoms with Crippen LogP contribution >= 0.6 is 0 Å². The first-order chi connectivity index (χ1) is 15.9. The molecule has 0 saturated carbocycles. The second-order valence-corrected chi connectivity index (χ2v) is 7.46. The highest BCUT2D eigenvalue weighted by molar-refractivity contribution is 5.89. The van der Waals surface area contributed by atoms with Crippen LogP contribution in [0.1, 0.15) is 38.7 Å². The maximum atomic E-state index is 7.87. The second-order valence-electron chi connectivity index (χ2n) is 7.46. The van der Waals surface area contributed by atoms with E-state index in [0.717, 1.165) is 33.2 Å². The zero-order valence-corrected chi connectivity index (χ0v) is 16.2. The van der Waals surface area contributed by atoms with Gasteiger partial charge in [-0.1, -0.05) is 67.4 Å². The summed E-state index contributed by atoms with van der Waals surface area (Å²) in [6, 6.07) is 23.2. The van der Waals surface area contributed by atoms with Crippen molar-refractivity contribution in [2.45, 2.75) is 34.0 Å². The Balaban J connectivity index is 1.91. The first kappa shape index (κ1) is 12.5. The molecule has 0 N–H and O–H groups in total. The van der Waals surface area contributed by atoms with Gasteiger partial charge in [-0.05, 0) is 73.1 Å². The molecule has 1 unspecified atom stereocenters. The van der Waals surface area contributed by atoms with Crippen LogP contribution in [0.2, 0.25) is 0 Å². The van der Waals surface area contributed by atoms with E-state index < -0.39 is 19.6 Å². The number of rotatable bonds is 4. The monoisotopic (exact) mass is 371 g/mol. The molecule has 4 rings (SSSR count). The lowest BCUT2D eigenvalue weighted by Crippen LogP contribution is -1.99. The predicted molar refractivity (Wildman–Crippen MR) is 121 cm³/mol. The topological polar surface area (TPSA) is 12.9 Å². The van der Waals surface area contributed by atoms with Gasteiger partial charge in [-0.15, -0.1) is 0 Å². The number of hydrogen-bond donors (Lipinski definition) is 0. The number of aryl methyl sites for hydroxylation is 2. The molecule has 1 heteroatoms. The van der Waals surface area contributed by atoms with E-state index in [1.807, 2.05) is 61.5 Å². The van der Waals surface area contributed by atoms with Gasteiger partial charge in [0.25, 0.3) is 0 Å². The maximum absolute atomic E-state index is 7.87. The summed E-state index contributed by atoms with van der Waals surface area (Å²) in [7, 11) is 0. The third-order valence-electron chi connectivity index (χ3n) is 4.90. The summed E-state index contributed by atoms with van der Waals surface area (Å²) in [6.07, 6.45) is 0.360. The molecule has 0 fully saturated rings. The number of aromatic nitrogens is 1. The molecule has 0 radical (unpaired) electrons. The Hall–Kier alpha value is -2.93. The van der Waals surface area contributed by atoms with Crippen LogP contribution in [-0.2, 0) is 6.42 Å². The van der Waals surface area contributed by atoms with E-state index in [-0.39, 0.29) is 5.56 Å². The summed E-state index contributed by atoms with van der Waals surface area (Å²) < 4.78 is 47.1. The molecule has 0 spiro atoms. The van der Waals surface area contributed by atoms with Gasteiger partial charge in [0.1, 0.15) is 0 Å². The summed E-state index contributed by atoms with van der Waals surface area (Å²) in [5, 5.41) is 0.907. The fourth-order valence-corrected chi connectivity index (χ4v) is 3.68. The lowest BCUT2D eigenvalue weighted by atomic mass is 9.94. The fraction of sp³-hybridized carbons (Fsp3) is 0.222. The van der Waals surface area contributed by atoms with Gasteiger partial charge >= 0.3 is 0 Å². The molecule has 0 amide bonds. The number of fused-ring (bicyclic) bond motifs is 1. The lowest BCUT2D eigenvalue weighted by molar-refractivity contribution is 0.650. The number of nitrogens with zero attached hydrogens (tertiary/aromatic N) is 1. The van der Waals surface area contributed by atoms with E-state index in [1.54, 1.807) is 19.1 Å². The molecule has 1 nitrogen and oxygen atoms in total.